The van der Waals surface area contributed by atoms with Gasteiger partial charge in [-0.1, -0.05) is 50.3 Å². The second kappa shape index (κ2) is 22.7. The Kier molecular flexibility index (Phi) is 18.5. The average Bonchev–Trinajstić information content (AvgIpc) is 3.19. The second-order valence-corrected chi connectivity index (χ2v) is 14.6. The van der Waals surface area contributed by atoms with Crippen LogP contribution in [0, 0.1) is 11.8 Å². The van der Waals surface area contributed by atoms with Crippen molar-refractivity contribution in [3.05, 3.63) is 83.0 Å². The molecule has 2 aromatic carbocycles. The number of aromatic hydroxyl groups is 2. The molecule has 0 bridgehead atoms. The Bertz CT molecular complexity index is 2060. The average molecular weight is 875 g/mol. The van der Waals surface area contributed by atoms with Crippen molar-refractivity contribution >= 4 is 53.0 Å². The molecule has 2 aliphatic rings. The number of halogens is 3. The number of rotatable bonds is 5. The summed E-state index contributed by atoms with van der Waals surface area (Å²) < 4.78 is 53.4. The Hall–Kier alpha value is -5.98. The van der Waals surface area contributed by atoms with Gasteiger partial charge in [0.25, 0.3) is 0 Å². The highest BCUT2D eigenvalue weighted by Crippen LogP contribution is 2.32. The molecule has 0 unspecified atom stereocenters. The van der Waals surface area contributed by atoms with E-state index in [0.717, 1.165) is 6.08 Å². The fraction of sp³-hybridized carbons (Fsp3) is 0.432. The molecule has 7 N–H and O–H groups in total. The number of ketones is 2. The van der Waals surface area contributed by atoms with Crippen LogP contribution in [0.5, 0.6) is 11.5 Å². The molecule has 338 valence electrons. The third-order valence-electron chi connectivity index (χ3n) is 9.79. The molecule has 0 aromatic heterocycles. The molecular weight excluding hydrogens is 821 g/mol. The molecule has 18 heteroatoms. The van der Waals surface area contributed by atoms with E-state index in [4.69, 9.17) is 9.47 Å². The van der Waals surface area contributed by atoms with Crippen LogP contribution in [0.1, 0.15) is 86.2 Å². The zero-order valence-corrected chi connectivity index (χ0v) is 35.0. The third kappa shape index (κ3) is 14.0. The lowest BCUT2D eigenvalue weighted by Gasteiger charge is -2.22. The monoisotopic (exact) mass is 874 g/mol. The molecule has 4 rings (SSSR count). The van der Waals surface area contributed by atoms with E-state index in [1.165, 1.54) is 54.7 Å². The quantitative estimate of drug-likeness (QED) is 0.142. The summed E-state index contributed by atoms with van der Waals surface area (Å²) in [5.41, 5.74) is 1.48. The molecule has 2 aromatic rings. The van der Waals surface area contributed by atoms with Gasteiger partial charge in [-0.2, -0.15) is 13.2 Å². The summed E-state index contributed by atoms with van der Waals surface area (Å²) in [6.45, 7) is 11.4. The summed E-state index contributed by atoms with van der Waals surface area (Å²) in [5.74, 6) is -7.15. The van der Waals surface area contributed by atoms with Gasteiger partial charge in [0.2, 0.25) is 0 Å². The molecule has 0 fully saturated rings. The van der Waals surface area contributed by atoms with E-state index in [9.17, 15) is 62.7 Å². The van der Waals surface area contributed by atoms with E-state index in [1.807, 2.05) is 13.8 Å². The lowest BCUT2D eigenvalue weighted by atomic mass is 9.99. The first kappa shape index (κ1) is 50.4. The first-order valence-corrected chi connectivity index (χ1v) is 19.8. The zero-order valence-electron chi connectivity index (χ0n) is 35.0. The van der Waals surface area contributed by atoms with Crippen LogP contribution in [0.3, 0.4) is 0 Å². The lowest BCUT2D eigenvalue weighted by Crippen LogP contribution is -2.40. The van der Waals surface area contributed by atoms with E-state index < -0.39 is 84.6 Å². The van der Waals surface area contributed by atoms with Crippen LogP contribution in [-0.2, 0) is 28.6 Å². The van der Waals surface area contributed by atoms with Gasteiger partial charge in [0, 0.05) is 54.9 Å². The number of hydrogen-bond donors (Lipinski definition) is 7. The van der Waals surface area contributed by atoms with E-state index in [1.54, 1.807) is 39.8 Å². The Morgan fingerprint density at radius 3 is 1.53 bits per heavy atom. The van der Waals surface area contributed by atoms with Gasteiger partial charge in [0.05, 0.1) is 6.10 Å². The van der Waals surface area contributed by atoms with Crippen molar-refractivity contribution in [3.63, 3.8) is 0 Å². The largest absolute Gasteiger partial charge is 0.507 e. The molecule has 15 nitrogen and oxygen atoms in total. The number of fused-ring (bicyclic) bond motifs is 2. The van der Waals surface area contributed by atoms with Crippen LogP contribution in [0.15, 0.2) is 60.7 Å². The second-order valence-electron chi connectivity index (χ2n) is 14.6. The van der Waals surface area contributed by atoms with Crippen molar-refractivity contribution in [2.24, 2.45) is 11.8 Å². The Labute approximate surface area is 356 Å². The number of carbonyl (C=O) groups excluding carboxylic acids is 5. The number of phenolic OH excluding ortho intramolecular Hbond substituents is 2. The van der Waals surface area contributed by atoms with Crippen molar-refractivity contribution in [1.29, 1.82) is 0 Å². The maximum absolute atomic E-state index is 12.8. The lowest BCUT2D eigenvalue weighted by molar-refractivity contribution is -0.208. The van der Waals surface area contributed by atoms with E-state index in [-0.39, 0.29) is 40.5 Å². The third-order valence-corrected chi connectivity index (χ3v) is 9.79. The van der Waals surface area contributed by atoms with E-state index >= 15 is 0 Å². The van der Waals surface area contributed by atoms with Crippen LogP contribution in [0.4, 0.5) is 24.5 Å². The van der Waals surface area contributed by atoms with Gasteiger partial charge < -0.3 is 50.4 Å². The summed E-state index contributed by atoms with van der Waals surface area (Å²) in [4.78, 5) is 61.1. The summed E-state index contributed by atoms with van der Waals surface area (Å²) in [5, 5.41) is 57.2. The Morgan fingerprint density at radius 2 is 1.11 bits per heavy atom. The predicted molar refractivity (Wildman–Crippen MR) is 222 cm³/mol. The standard InChI is InChI=1S/C23H26F3NO7.C21H27NO6/c1-4-27-15-10-14-6-5-7-18(34-22(32)23(24,25)26)20(30)16(28)9-8-12(2)13(3)33-21(31)19(14)17(29)11-15;1-4-22-15-10-14-6-5-7-16(23)20(26)17(24)9-8-12(2)13(3)28-21(27)19(14)18(25)11-15/h5-6,8-13,18,20,27,29-30H,4,7H2,1-3H3;5-6,8-13,16,20,22-23,25-26H,4,7H2,1-3H3/b2*6-5?,9-8-/t12-,13+,18+,20-;12-,13+,16+,20+/m11/s1. The van der Waals surface area contributed by atoms with Crippen LogP contribution in [0.25, 0.3) is 12.2 Å². The molecule has 0 radical (unpaired) electrons. The fourth-order valence-electron chi connectivity index (χ4n) is 5.90. The molecule has 0 saturated carbocycles. The Balaban J connectivity index is 0.000000336. The normalized spacial score (nSPS) is 26.1. The number of anilines is 2. The minimum Gasteiger partial charge on any atom is -0.507 e. The maximum atomic E-state index is 12.8. The number of phenols is 2. The summed E-state index contributed by atoms with van der Waals surface area (Å²) in [6.07, 6.45) is -3.38. The number of carbonyl (C=O) groups is 5. The highest BCUT2D eigenvalue weighted by Gasteiger charge is 2.43. The fourth-order valence-corrected chi connectivity index (χ4v) is 5.90. The molecule has 0 amide bonds. The molecule has 2 aliphatic heterocycles. The van der Waals surface area contributed by atoms with Crippen molar-refractivity contribution in [2.45, 2.75) is 97.2 Å². The summed E-state index contributed by atoms with van der Waals surface area (Å²) in [6, 6.07) is 5.97. The number of cyclic esters (lactones) is 2. The number of alkyl halides is 3. The first-order chi connectivity index (χ1) is 29.1. The number of aliphatic hydroxyl groups is 3. The molecule has 0 spiro atoms. The van der Waals surface area contributed by atoms with Gasteiger partial charge >= 0.3 is 24.1 Å². The maximum Gasteiger partial charge on any atom is 0.490 e. The minimum atomic E-state index is -5.33. The van der Waals surface area contributed by atoms with E-state index in [0.29, 0.717) is 30.0 Å². The highest BCUT2D eigenvalue weighted by atomic mass is 19.4. The van der Waals surface area contributed by atoms with Gasteiger partial charge in [-0.25, -0.2) is 14.4 Å². The number of benzene rings is 2. The number of aliphatic hydroxyl groups excluding tert-OH is 3. The minimum absolute atomic E-state index is 0.00656. The number of nitrogens with one attached hydrogen (secondary N) is 2. The molecule has 0 aliphatic carbocycles. The van der Waals surface area contributed by atoms with Crippen LogP contribution < -0.4 is 10.6 Å². The van der Waals surface area contributed by atoms with Gasteiger partial charge in [-0.3, -0.25) is 9.59 Å². The topological polar surface area (TPSA) is 238 Å². The SMILES string of the molecule is CCNc1cc(O)c2c(c1)C=CC[C@H](O)[C@H](O)C(=O)/C=C\[C@@H](C)[C@H](C)OC2=O.CCNc1cc(O)c2c(c1)C=CC[C@H](OC(=O)C(F)(F)F)[C@H](O)C(=O)/C=C\[C@@H](C)[C@H](C)OC2=O. The summed E-state index contributed by atoms with van der Waals surface area (Å²) in [7, 11) is 0. The van der Waals surface area contributed by atoms with Crippen LogP contribution in [-0.4, -0.2) is 111 Å². The molecule has 8 atom stereocenters. The predicted octanol–water partition coefficient (Wildman–Crippen LogP) is 5.65. The van der Waals surface area contributed by atoms with Gasteiger partial charge in [0.1, 0.15) is 47.0 Å². The van der Waals surface area contributed by atoms with E-state index in [2.05, 4.69) is 15.4 Å². The Morgan fingerprint density at radius 1 is 0.694 bits per heavy atom. The van der Waals surface area contributed by atoms with Crippen LogP contribution >= 0.6 is 0 Å². The number of ether oxygens (including phenoxy) is 3. The molecular formula is C44H53F3N2O13. The zero-order chi connectivity index (χ0) is 46.5. The van der Waals surface area contributed by atoms with Gasteiger partial charge in [-0.15, -0.1) is 0 Å². The van der Waals surface area contributed by atoms with Gasteiger partial charge in [0.15, 0.2) is 17.7 Å². The van der Waals surface area contributed by atoms with Crippen molar-refractivity contribution in [2.75, 3.05) is 23.7 Å². The number of hydrogen-bond acceptors (Lipinski definition) is 15. The van der Waals surface area contributed by atoms with Crippen LogP contribution in [0.2, 0.25) is 0 Å². The van der Waals surface area contributed by atoms with Crippen molar-refractivity contribution in [3.8, 4) is 11.5 Å². The number of esters is 3. The van der Waals surface area contributed by atoms with Crippen molar-refractivity contribution in [1.82, 2.24) is 0 Å². The molecule has 62 heavy (non-hydrogen) atoms. The summed E-state index contributed by atoms with van der Waals surface area (Å²) >= 11 is 0. The van der Waals surface area contributed by atoms with Gasteiger partial charge in [-0.05, 0) is 69.5 Å². The highest BCUT2D eigenvalue weighted by molar-refractivity contribution is 5.99. The molecule has 0 saturated heterocycles. The smallest absolute Gasteiger partial charge is 0.490 e. The molecule has 2 heterocycles. The van der Waals surface area contributed by atoms with Crippen molar-refractivity contribution < 1.29 is 76.9 Å². The first-order valence-electron chi connectivity index (χ1n) is 19.8.